The normalized spacial score (nSPS) is 15.4. The maximum Gasteiger partial charge on any atom is 0.459 e. The minimum absolute atomic E-state index is 0.00270. The number of imidazole rings is 1. The molecule has 0 amide bonds. The molecular weight excluding hydrogens is 489 g/mol. The van der Waals surface area contributed by atoms with E-state index in [1.165, 1.54) is 0 Å². The molecule has 0 N–H and O–H groups in total. The molecule has 0 radical (unpaired) electrons. The van der Waals surface area contributed by atoms with Crippen LogP contribution in [0.4, 0.5) is 18.9 Å². The van der Waals surface area contributed by atoms with Crippen molar-refractivity contribution in [2.24, 2.45) is 0 Å². The molecule has 6 nitrogen and oxygen atoms in total. The van der Waals surface area contributed by atoms with Crippen LogP contribution < -0.4 is 4.90 Å². The van der Waals surface area contributed by atoms with E-state index in [9.17, 15) is 18.4 Å². The van der Waals surface area contributed by atoms with Crippen LogP contribution in [0.3, 0.4) is 0 Å². The molecule has 1 fully saturated rings. The predicted molar refractivity (Wildman–Crippen MR) is 143 cm³/mol. The molecule has 1 saturated heterocycles. The van der Waals surface area contributed by atoms with Crippen LogP contribution in [0.2, 0.25) is 0 Å². The summed E-state index contributed by atoms with van der Waals surface area (Å²) in [6.45, 7) is 1.29. The Bertz CT molecular complexity index is 1450. The fourth-order valence-corrected chi connectivity index (χ4v) is 4.90. The third-order valence-corrected chi connectivity index (χ3v) is 7.04. The van der Waals surface area contributed by atoms with Crippen molar-refractivity contribution in [2.45, 2.75) is 19.3 Å². The third kappa shape index (κ3) is 5.37. The first-order valence-corrected chi connectivity index (χ1v) is 12.6. The van der Waals surface area contributed by atoms with Gasteiger partial charge in [0.2, 0.25) is 0 Å². The van der Waals surface area contributed by atoms with E-state index in [0.717, 1.165) is 39.4 Å². The quantitative estimate of drug-likeness (QED) is 0.321. The van der Waals surface area contributed by atoms with Gasteiger partial charge in [-0.3, -0.25) is 4.90 Å². The summed E-state index contributed by atoms with van der Waals surface area (Å²) >= 11 is 0. The van der Waals surface area contributed by atoms with E-state index in [1.807, 2.05) is 43.3 Å². The second-order valence-electron chi connectivity index (χ2n) is 9.77. The fraction of sp³-hybridized carbons (Fsp3) is 0.310. The van der Waals surface area contributed by atoms with Gasteiger partial charge < -0.3 is 9.30 Å². The van der Waals surface area contributed by atoms with Crippen LogP contribution in [-0.4, -0.2) is 65.8 Å². The third-order valence-electron chi connectivity index (χ3n) is 7.04. The van der Waals surface area contributed by atoms with Gasteiger partial charge in [-0.05, 0) is 60.5 Å². The zero-order valence-corrected chi connectivity index (χ0v) is 21.4. The first kappa shape index (κ1) is 25.8. The maximum atomic E-state index is 13.3. The standard InChI is InChI=1S/C29H29F3N6/c1-35(2)25-11-8-22(9-12-25)24-10-13-27-34-28(23-6-4-21(18-33)5-7-23)26(38(27)19-24)20-36-14-3-15-37(17-16-36)29(30,31)32/h4-13,19H,3,14-17,20H2,1-2H3. The summed E-state index contributed by atoms with van der Waals surface area (Å²) in [6.07, 6.45) is -1.83. The van der Waals surface area contributed by atoms with Crippen molar-refractivity contribution >= 4 is 11.3 Å². The molecule has 196 valence electrons. The van der Waals surface area contributed by atoms with Crippen LogP contribution in [-0.2, 0) is 6.54 Å². The van der Waals surface area contributed by atoms with Gasteiger partial charge >= 0.3 is 6.30 Å². The van der Waals surface area contributed by atoms with E-state index in [2.05, 4.69) is 45.8 Å². The average molecular weight is 519 g/mol. The molecule has 2 aromatic carbocycles. The lowest BCUT2D eigenvalue weighted by Gasteiger charge is -2.23. The number of fused-ring (bicyclic) bond motifs is 1. The Labute approximate surface area is 220 Å². The van der Waals surface area contributed by atoms with Gasteiger partial charge in [-0.25, -0.2) is 9.88 Å². The van der Waals surface area contributed by atoms with Crippen LogP contribution >= 0.6 is 0 Å². The molecule has 1 aliphatic rings. The van der Waals surface area contributed by atoms with Crippen molar-refractivity contribution < 1.29 is 13.2 Å². The van der Waals surface area contributed by atoms with E-state index in [4.69, 9.17) is 4.98 Å². The molecule has 4 aromatic rings. The smallest absolute Gasteiger partial charge is 0.378 e. The van der Waals surface area contributed by atoms with Crippen LogP contribution in [0.15, 0.2) is 66.9 Å². The Balaban J connectivity index is 1.54. The van der Waals surface area contributed by atoms with Crippen LogP contribution in [0.25, 0.3) is 28.0 Å². The minimum atomic E-state index is -4.32. The van der Waals surface area contributed by atoms with Gasteiger partial charge in [0.05, 0.1) is 23.0 Å². The molecule has 3 heterocycles. The number of anilines is 1. The number of nitriles is 1. The number of alkyl halides is 3. The van der Waals surface area contributed by atoms with Crippen molar-refractivity contribution in [3.8, 4) is 28.5 Å². The number of benzene rings is 2. The molecule has 5 rings (SSSR count). The molecule has 0 atom stereocenters. The van der Waals surface area contributed by atoms with E-state index in [-0.39, 0.29) is 13.1 Å². The highest BCUT2D eigenvalue weighted by atomic mass is 19.4. The number of rotatable bonds is 5. The molecule has 0 aliphatic carbocycles. The number of aromatic nitrogens is 2. The first-order chi connectivity index (χ1) is 18.2. The van der Waals surface area contributed by atoms with Gasteiger partial charge in [-0.2, -0.15) is 18.4 Å². The summed E-state index contributed by atoms with van der Waals surface area (Å²) in [6, 6.07) is 21.7. The summed E-state index contributed by atoms with van der Waals surface area (Å²) in [7, 11) is 4.00. The van der Waals surface area contributed by atoms with E-state index < -0.39 is 6.30 Å². The Morgan fingerprint density at radius 1 is 0.868 bits per heavy atom. The van der Waals surface area contributed by atoms with Crippen LogP contribution in [0.5, 0.6) is 0 Å². The topological polar surface area (TPSA) is 50.8 Å². The summed E-state index contributed by atoms with van der Waals surface area (Å²) in [5, 5.41) is 9.21. The highest BCUT2D eigenvalue weighted by Crippen LogP contribution is 2.30. The van der Waals surface area contributed by atoms with Gasteiger partial charge in [0.25, 0.3) is 0 Å². The number of hydrogen-bond donors (Lipinski definition) is 0. The van der Waals surface area contributed by atoms with E-state index >= 15 is 0 Å². The molecular formula is C29H29F3N6. The van der Waals surface area contributed by atoms with Crippen molar-refractivity contribution in [1.82, 2.24) is 19.2 Å². The van der Waals surface area contributed by atoms with Gasteiger partial charge in [0, 0.05) is 57.7 Å². The van der Waals surface area contributed by atoms with Crippen molar-refractivity contribution in [3.05, 3.63) is 78.1 Å². The lowest BCUT2D eigenvalue weighted by molar-refractivity contribution is -0.244. The lowest BCUT2D eigenvalue weighted by atomic mass is 10.1. The zero-order chi connectivity index (χ0) is 26.9. The van der Waals surface area contributed by atoms with Crippen LogP contribution in [0.1, 0.15) is 17.7 Å². The van der Waals surface area contributed by atoms with E-state index in [0.29, 0.717) is 36.5 Å². The molecule has 0 saturated carbocycles. The Hall–Kier alpha value is -3.87. The van der Waals surface area contributed by atoms with E-state index in [1.54, 1.807) is 12.1 Å². The van der Waals surface area contributed by atoms with Gasteiger partial charge in [-0.1, -0.05) is 24.3 Å². The van der Waals surface area contributed by atoms with Gasteiger partial charge in [0.15, 0.2) is 0 Å². The second kappa shape index (κ2) is 10.5. The zero-order valence-electron chi connectivity index (χ0n) is 21.4. The largest absolute Gasteiger partial charge is 0.459 e. The first-order valence-electron chi connectivity index (χ1n) is 12.6. The molecule has 0 bridgehead atoms. The number of nitrogens with zero attached hydrogens (tertiary/aromatic N) is 6. The van der Waals surface area contributed by atoms with Crippen molar-refractivity contribution in [2.75, 3.05) is 45.2 Å². The Morgan fingerprint density at radius 2 is 1.55 bits per heavy atom. The number of hydrogen-bond acceptors (Lipinski definition) is 5. The summed E-state index contributed by atoms with van der Waals surface area (Å²) in [5.74, 6) is 0. The monoisotopic (exact) mass is 518 g/mol. The highest BCUT2D eigenvalue weighted by molar-refractivity contribution is 5.71. The van der Waals surface area contributed by atoms with Crippen LogP contribution in [0, 0.1) is 11.3 Å². The Kier molecular flexibility index (Phi) is 7.11. The summed E-state index contributed by atoms with van der Waals surface area (Å²) < 4.78 is 42.0. The SMILES string of the molecule is CN(C)c1ccc(-c2ccc3nc(-c4ccc(C#N)cc4)c(CN4CCCN(C(F)(F)F)CC4)n3c2)cc1. The predicted octanol–water partition coefficient (Wildman–Crippen LogP) is 5.63. The fourth-order valence-electron chi connectivity index (χ4n) is 4.90. The molecule has 2 aromatic heterocycles. The number of pyridine rings is 1. The lowest BCUT2D eigenvalue weighted by Crippen LogP contribution is -2.40. The summed E-state index contributed by atoms with van der Waals surface area (Å²) in [4.78, 5) is 9.62. The average Bonchev–Trinajstić information content (AvgIpc) is 3.08. The van der Waals surface area contributed by atoms with Gasteiger partial charge in [-0.15, -0.1) is 0 Å². The maximum absolute atomic E-state index is 13.3. The molecule has 0 spiro atoms. The highest BCUT2D eigenvalue weighted by Gasteiger charge is 2.37. The number of halogens is 3. The molecule has 1 aliphatic heterocycles. The van der Waals surface area contributed by atoms with Crippen molar-refractivity contribution in [3.63, 3.8) is 0 Å². The molecule has 38 heavy (non-hydrogen) atoms. The molecule has 9 heteroatoms. The molecule has 0 unspecified atom stereocenters. The van der Waals surface area contributed by atoms with Gasteiger partial charge in [0.1, 0.15) is 5.65 Å². The summed E-state index contributed by atoms with van der Waals surface area (Å²) in [5.41, 5.74) is 7.06. The Morgan fingerprint density at radius 3 is 2.21 bits per heavy atom. The minimum Gasteiger partial charge on any atom is -0.378 e. The van der Waals surface area contributed by atoms with Crippen molar-refractivity contribution in [1.29, 1.82) is 5.26 Å². The second-order valence-corrected chi connectivity index (χ2v) is 9.77.